The van der Waals surface area contributed by atoms with Crippen molar-refractivity contribution < 1.29 is 17.4 Å². The van der Waals surface area contributed by atoms with Crippen molar-refractivity contribution in [3.05, 3.63) is 12.2 Å². The quantitative estimate of drug-likeness (QED) is 0.153. The van der Waals surface area contributed by atoms with Gasteiger partial charge in [-0.15, -0.1) is 0 Å². The van der Waals surface area contributed by atoms with Crippen LogP contribution in [0.3, 0.4) is 0 Å². The number of nitrogens with two attached hydrogens (primary N) is 1. The Morgan fingerprint density at radius 1 is 0.852 bits per heavy atom. The van der Waals surface area contributed by atoms with Gasteiger partial charge in [0, 0.05) is 13.0 Å². The van der Waals surface area contributed by atoms with Crippen LogP contribution in [0.2, 0.25) is 0 Å². The van der Waals surface area contributed by atoms with Gasteiger partial charge in [0.25, 0.3) is 0 Å². The summed E-state index contributed by atoms with van der Waals surface area (Å²) in [5.41, 5.74) is 5.15. The third kappa shape index (κ3) is 22.9. The topological polar surface area (TPSA) is 86.5 Å². The Morgan fingerprint density at radius 3 is 1.85 bits per heavy atom. The summed E-state index contributed by atoms with van der Waals surface area (Å²) < 4.78 is 27.0. The van der Waals surface area contributed by atoms with Crippen LogP contribution in [0.4, 0.5) is 0 Å². The Kier molecular flexibility index (Phi) is 23.8. The van der Waals surface area contributed by atoms with E-state index in [1.54, 1.807) is 0 Å². The molecule has 0 aliphatic heterocycles. The molecular formula is C20H40KNO4S. The molecule has 0 aromatic carbocycles. The number of rotatable bonds is 18. The van der Waals surface area contributed by atoms with Crippen molar-refractivity contribution in [2.24, 2.45) is 5.73 Å². The van der Waals surface area contributed by atoms with Crippen molar-refractivity contribution >= 4 is 67.5 Å². The number of unbranched alkanes of at least 4 members (excludes halogenated alkanes) is 11. The Morgan fingerprint density at radius 2 is 1.33 bits per heavy atom. The van der Waals surface area contributed by atoms with E-state index in [4.69, 9.17) is 5.73 Å². The van der Waals surface area contributed by atoms with Gasteiger partial charge in [0.05, 0.1) is 5.75 Å². The van der Waals surface area contributed by atoms with Gasteiger partial charge in [-0.05, 0) is 32.1 Å². The Bertz CT molecular complexity index is 467. The molecule has 0 aromatic heterocycles. The molecule has 0 spiro atoms. The van der Waals surface area contributed by atoms with Crippen molar-refractivity contribution in [3.8, 4) is 0 Å². The van der Waals surface area contributed by atoms with E-state index in [1.807, 2.05) is 0 Å². The zero-order chi connectivity index (χ0) is 19.5. The summed E-state index contributed by atoms with van der Waals surface area (Å²) in [5, 5.41) is 0. The summed E-state index contributed by atoms with van der Waals surface area (Å²) >= 11 is 0. The van der Waals surface area contributed by atoms with Crippen LogP contribution in [0.1, 0.15) is 96.8 Å². The summed E-state index contributed by atoms with van der Waals surface area (Å²) in [6, 6.07) is 0. The molecule has 156 valence electrons. The molecule has 0 saturated carbocycles. The summed E-state index contributed by atoms with van der Waals surface area (Å²) in [5.74, 6) is -0.985. The van der Waals surface area contributed by atoms with Crippen molar-refractivity contribution in [2.45, 2.75) is 96.8 Å². The average molecular weight is 430 g/mol. The van der Waals surface area contributed by atoms with Crippen LogP contribution in [0.15, 0.2) is 12.2 Å². The first-order valence-electron chi connectivity index (χ1n) is 10.3. The van der Waals surface area contributed by atoms with Gasteiger partial charge in [-0.2, -0.15) is 8.42 Å². The van der Waals surface area contributed by atoms with Gasteiger partial charge in [-0.1, -0.05) is 70.4 Å². The standard InChI is InChI=1S/C20H39NO4S.K.H/c1-2-3-4-5-6-7-8-9-10-11-12-13-14-15-16-17-20(22)25-26(23,24)19-18-21;;/h9-10H,2-8,11-19,21H2,1H3;;/b10-9-;;. The van der Waals surface area contributed by atoms with Gasteiger partial charge in [-0.25, -0.2) is 0 Å². The Balaban J connectivity index is 0. The fourth-order valence-corrected chi connectivity index (χ4v) is 3.45. The molecule has 7 heteroatoms. The second-order valence-corrected chi connectivity index (χ2v) is 8.53. The van der Waals surface area contributed by atoms with Gasteiger partial charge >= 0.3 is 67.5 Å². The van der Waals surface area contributed by atoms with E-state index < -0.39 is 16.1 Å². The fourth-order valence-electron chi connectivity index (χ4n) is 2.71. The van der Waals surface area contributed by atoms with Crippen molar-refractivity contribution in [3.63, 3.8) is 0 Å². The van der Waals surface area contributed by atoms with E-state index in [0.29, 0.717) is 6.42 Å². The van der Waals surface area contributed by atoms with Gasteiger partial charge in [-0.3, -0.25) is 4.79 Å². The van der Waals surface area contributed by atoms with E-state index in [1.165, 1.54) is 51.4 Å². The molecule has 0 bridgehead atoms. The third-order valence-electron chi connectivity index (χ3n) is 4.23. The predicted molar refractivity (Wildman–Crippen MR) is 116 cm³/mol. The number of carbonyl (C=O) groups excluding carboxylic acids is 1. The predicted octanol–water partition coefficient (Wildman–Crippen LogP) is 4.21. The molecule has 0 saturated heterocycles. The molecule has 0 rings (SSSR count). The van der Waals surface area contributed by atoms with Crippen molar-refractivity contribution in [1.29, 1.82) is 0 Å². The summed E-state index contributed by atoms with van der Waals surface area (Å²) in [4.78, 5) is 11.4. The minimum absolute atomic E-state index is 0. The average Bonchev–Trinajstić information content (AvgIpc) is 2.57. The van der Waals surface area contributed by atoms with Gasteiger partial charge < -0.3 is 9.92 Å². The van der Waals surface area contributed by atoms with Gasteiger partial charge in [0.15, 0.2) is 0 Å². The number of carbonyl (C=O) groups is 1. The van der Waals surface area contributed by atoms with E-state index in [9.17, 15) is 13.2 Å². The molecule has 2 N–H and O–H groups in total. The van der Waals surface area contributed by atoms with Crippen LogP contribution in [0.25, 0.3) is 0 Å². The van der Waals surface area contributed by atoms with E-state index in [0.717, 1.165) is 25.7 Å². The minimum atomic E-state index is -3.78. The molecule has 0 amide bonds. The molecule has 0 unspecified atom stereocenters. The molecule has 0 aromatic rings. The SMILES string of the molecule is CCCCCCCC/C=C\CCCCCCCC(=O)OS(=O)(=O)CCN.[KH]. The summed E-state index contributed by atoms with van der Waals surface area (Å²) in [7, 11) is -3.78. The zero-order valence-corrected chi connectivity index (χ0v) is 17.4. The van der Waals surface area contributed by atoms with Crippen molar-refractivity contribution in [1.82, 2.24) is 0 Å². The van der Waals surface area contributed by atoms with Crippen LogP contribution in [-0.2, 0) is 19.1 Å². The first-order chi connectivity index (χ1) is 12.5. The molecule has 0 fully saturated rings. The zero-order valence-electron chi connectivity index (χ0n) is 16.6. The first kappa shape index (κ1) is 30.0. The molecule has 0 aliphatic carbocycles. The Labute approximate surface area is 209 Å². The second kappa shape index (κ2) is 21.5. The molecule has 0 radical (unpaired) electrons. The molecule has 0 heterocycles. The monoisotopic (exact) mass is 429 g/mol. The summed E-state index contributed by atoms with van der Waals surface area (Å²) in [6.45, 7) is 2.21. The van der Waals surface area contributed by atoms with Crippen LogP contribution < -0.4 is 5.73 Å². The van der Waals surface area contributed by atoms with Crippen LogP contribution in [0, 0.1) is 0 Å². The van der Waals surface area contributed by atoms with E-state index in [2.05, 4.69) is 23.3 Å². The van der Waals surface area contributed by atoms with Gasteiger partial charge in [0.2, 0.25) is 0 Å². The normalized spacial score (nSPS) is 11.5. The molecule has 0 aliphatic rings. The fraction of sp³-hybridized carbons (Fsp3) is 0.850. The molecule has 5 nitrogen and oxygen atoms in total. The number of allylic oxidation sites excluding steroid dienone is 2. The number of hydrogen-bond donors (Lipinski definition) is 1. The van der Waals surface area contributed by atoms with Crippen LogP contribution in [0.5, 0.6) is 0 Å². The Hall–Kier alpha value is 0.756. The van der Waals surface area contributed by atoms with Crippen molar-refractivity contribution in [2.75, 3.05) is 12.3 Å². The first-order valence-corrected chi connectivity index (χ1v) is 11.9. The van der Waals surface area contributed by atoms with E-state index in [-0.39, 0.29) is 70.1 Å². The maximum atomic E-state index is 11.4. The van der Waals surface area contributed by atoms with Gasteiger partial charge in [0.1, 0.15) is 0 Å². The van der Waals surface area contributed by atoms with E-state index >= 15 is 0 Å². The molecule has 0 atom stereocenters. The molecular weight excluding hydrogens is 389 g/mol. The summed E-state index contributed by atoms with van der Waals surface area (Å²) in [6.07, 6.45) is 20.1. The second-order valence-electron chi connectivity index (χ2n) is 6.84. The van der Waals surface area contributed by atoms with Crippen LogP contribution in [-0.4, -0.2) is 78.1 Å². The number of hydrogen-bond acceptors (Lipinski definition) is 5. The van der Waals surface area contributed by atoms with Crippen LogP contribution >= 0.6 is 0 Å². The molecule has 27 heavy (non-hydrogen) atoms. The third-order valence-corrected chi connectivity index (χ3v) is 5.41. The maximum absolute atomic E-state index is 11.4.